The minimum atomic E-state index is -1.17. The van der Waals surface area contributed by atoms with E-state index in [2.05, 4.69) is 0 Å². The molecule has 1 unspecified atom stereocenters. The van der Waals surface area contributed by atoms with Crippen molar-refractivity contribution in [1.29, 1.82) is 0 Å². The standard InChI is InChI=1S/C24H17F2NO5/c1-12-2-6-19(32-12)21-20(22(28)14-3-7-18-13(10-14)8-9-31-18)23(29)24(30)27(21)15-4-5-16(25)17(26)11-15/h2-7,10-11,21,28H,8-9H2,1H3/b22-20-. The SMILES string of the molecule is Cc1ccc(C2/C(=C(/O)c3ccc4c(c3)CCO4)C(=O)C(=O)N2c2ccc(F)c(F)c2)o1. The molecule has 0 saturated carbocycles. The Morgan fingerprint density at radius 3 is 2.59 bits per heavy atom. The van der Waals surface area contributed by atoms with Crippen LogP contribution in [0.3, 0.4) is 0 Å². The number of fused-ring (bicyclic) bond motifs is 1. The third kappa shape index (κ3) is 3.07. The molecule has 1 atom stereocenters. The van der Waals surface area contributed by atoms with Gasteiger partial charge in [-0.15, -0.1) is 0 Å². The molecule has 3 aromatic rings. The van der Waals surface area contributed by atoms with E-state index >= 15 is 0 Å². The second kappa shape index (κ2) is 7.33. The van der Waals surface area contributed by atoms with Crippen LogP contribution in [-0.2, 0) is 16.0 Å². The molecule has 162 valence electrons. The first kappa shape index (κ1) is 20.0. The van der Waals surface area contributed by atoms with Crippen molar-refractivity contribution in [2.75, 3.05) is 11.5 Å². The van der Waals surface area contributed by atoms with Crippen LogP contribution in [0.2, 0.25) is 0 Å². The number of rotatable bonds is 3. The number of carbonyl (C=O) groups is 2. The zero-order valence-corrected chi connectivity index (χ0v) is 16.9. The predicted molar refractivity (Wildman–Crippen MR) is 110 cm³/mol. The molecule has 3 heterocycles. The fourth-order valence-corrected chi connectivity index (χ4v) is 4.09. The van der Waals surface area contributed by atoms with Crippen LogP contribution in [0.5, 0.6) is 5.75 Å². The monoisotopic (exact) mass is 437 g/mol. The number of anilines is 1. The Kier molecular flexibility index (Phi) is 4.58. The summed E-state index contributed by atoms with van der Waals surface area (Å²) in [6.45, 7) is 2.21. The average molecular weight is 437 g/mol. The number of Topliss-reactive ketones (excluding diaryl/α,β-unsaturated/α-hetero) is 1. The van der Waals surface area contributed by atoms with Crippen molar-refractivity contribution in [3.05, 3.63) is 88.4 Å². The van der Waals surface area contributed by atoms with Gasteiger partial charge in [-0.2, -0.15) is 0 Å². The summed E-state index contributed by atoms with van der Waals surface area (Å²) >= 11 is 0. The maximum absolute atomic E-state index is 13.9. The summed E-state index contributed by atoms with van der Waals surface area (Å²) in [4.78, 5) is 27.0. The molecule has 8 heteroatoms. The van der Waals surface area contributed by atoms with Gasteiger partial charge in [0.25, 0.3) is 11.7 Å². The normalized spacial score (nSPS) is 19.3. The van der Waals surface area contributed by atoms with Crippen LogP contribution in [0, 0.1) is 18.6 Å². The van der Waals surface area contributed by atoms with E-state index < -0.39 is 29.4 Å². The summed E-state index contributed by atoms with van der Waals surface area (Å²) in [6.07, 6.45) is 0.653. The van der Waals surface area contributed by atoms with Crippen molar-refractivity contribution in [2.45, 2.75) is 19.4 Å². The molecule has 32 heavy (non-hydrogen) atoms. The Labute approximate surface area is 181 Å². The lowest BCUT2D eigenvalue weighted by molar-refractivity contribution is -0.132. The smallest absolute Gasteiger partial charge is 0.300 e. The van der Waals surface area contributed by atoms with Gasteiger partial charge in [-0.1, -0.05) is 0 Å². The van der Waals surface area contributed by atoms with Crippen LogP contribution in [0.4, 0.5) is 14.5 Å². The lowest BCUT2D eigenvalue weighted by Gasteiger charge is -2.23. The number of hydrogen-bond acceptors (Lipinski definition) is 5. The predicted octanol–water partition coefficient (Wildman–Crippen LogP) is 4.43. The number of aliphatic hydroxyl groups is 1. The van der Waals surface area contributed by atoms with Gasteiger partial charge in [-0.25, -0.2) is 8.78 Å². The molecule has 5 rings (SSSR count). The highest BCUT2D eigenvalue weighted by Gasteiger charge is 2.48. The summed E-state index contributed by atoms with van der Waals surface area (Å²) in [5.41, 5.74) is 0.972. The van der Waals surface area contributed by atoms with Gasteiger partial charge in [0.1, 0.15) is 29.1 Å². The number of amides is 1. The fourth-order valence-electron chi connectivity index (χ4n) is 4.09. The van der Waals surface area contributed by atoms with E-state index in [-0.39, 0.29) is 22.8 Å². The third-order valence-electron chi connectivity index (χ3n) is 5.62. The quantitative estimate of drug-likeness (QED) is 0.373. The zero-order chi connectivity index (χ0) is 22.6. The highest BCUT2D eigenvalue weighted by molar-refractivity contribution is 6.51. The van der Waals surface area contributed by atoms with Crippen molar-refractivity contribution in [2.24, 2.45) is 0 Å². The van der Waals surface area contributed by atoms with Gasteiger partial charge >= 0.3 is 0 Å². The van der Waals surface area contributed by atoms with Crippen molar-refractivity contribution in [3.8, 4) is 5.75 Å². The molecule has 0 aliphatic carbocycles. The van der Waals surface area contributed by atoms with Crippen LogP contribution < -0.4 is 9.64 Å². The lowest BCUT2D eigenvalue weighted by atomic mass is 9.98. The van der Waals surface area contributed by atoms with E-state index in [4.69, 9.17) is 9.15 Å². The number of nitrogens with zero attached hydrogens (tertiary/aromatic N) is 1. The van der Waals surface area contributed by atoms with Crippen molar-refractivity contribution < 1.29 is 32.6 Å². The van der Waals surface area contributed by atoms with Crippen molar-refractivity contribution in [1.82, 2.24) is 0 Å². The van der Waals surface area contributed by atoms with Crippen LogP contribution >= 0.6 is 0 Å². The number of benzene rings is 2. The summed E-state index contributed by atoms with van der Waals surface area (Å²) in [5, 5.41) is 11.1. The Morgan fingerprint density at radius 1 is 1.06 bits per heavy atom. The molecule has 1 N–H and O–H groups in total. The molecule has 1 saturated heterocycles. The Hall–Kier alpha value is -3.94. The van der Waals surface area contributed by atoms with Gasteiger partial charge < -0.3 is 14.3 Å². The number of halogens is 2. The van der Waals surface area contributed by atoms with E-state index in [0.29, 0.717) is 30.1 Å². The topological polar surface area (TPSA) is 80.0 Å². The summed E-state index contributed by atoms with van der Waals surface area (Å²) in [6, 6.07) is 9.94. The first-order valence-electron chi connectivity index (χ1n) is 9.93. The van der Waals surface area contributed by atoms with Gasteiger partial charge in [0.15, 0.2) is 11.6 Å². The average Bonchev–Trinajstić information content (AvgIpc) is 3.48. The van der Waals surface area contributed by atoms with Crippen molar-refractivity contribution >= 4 is 23.1 Å². The number of ether oxygens (including phenoxy) is 1. The zero-order valence-electron chi connectivity index (χ0n) is 16.9. The Bertz CT molecular complexity index is 1310. The molecule has 1 aromatic heterocycles. The number of ketones is 1. The molecule has 0 radical (unpaired) electrons. The van der Waals surface area contributed by atoms with E-state index in [1.54, 1.807) is 37.3 Å². The molecule has 6 nitrogen and oxygen atoms in total. The fraction of sp³-hybridized carbons (Fsp3) is 0.167. The van der Waals surface area contributed by atoms with E-state index in [1.807, 2.05) is 0 Å². The summed E-state index contributed by atoms with van der Waals surface area (Å²) in [5.74, 6) is -3.16. The molecule has 2 aliphatic rings. The third-order valence-corrected chi connectivity index (χ3v) is 5.62. The van der Waals surface area contributed by atoms with E-state index in [1.165, 1.54) is 6.07 Å². The molecular weight excluding hydrogens is 420 g/mol. The molecule has 1 amide bonds. The van der Waals surface area contributed by atoms with Crippen LogP contribution in [0.15, 0.2) is 58.5 Å². The van der Waals surface area contributed by atoms with Crippen LogP contribution in [-0.4, -0.2) is 23.4 Å². The second-order valence-electron chi connectivity index (χ2n) is 7.64. The number of aryl methyl sites for hydroxylation is 1. The lowest BCUT2D eigenvalue weighted by Crippen LogP contribution is -2.29. The number of hydrogen-bond donors (Lipinski definition) is 1. The summed E-state index contributed by atoms with van der Waals surface area (Å²) < 4.78 is 38.6. The van der Waals surface area contributed by atoms with Gasteiger partial charge in [0.05, 0.1) is 12.2 Å². The highest BCUT2D eigenvalue weighted by atomic mass is 19.2. The van der Waals surface area contributed by atoms with Gasteiger partial charge in [-0.05, 0) is 55.0 Å². The maximum atomic E-state index is 13.9. The molecule has 2 aromatic carbocycles. The van der Waals surface area contributed by atoms with Gasteiger partial charge in [-0.3, -0.25) is 14.5 Å². The van der Waals surface area contributed by atoms with Crippen molar-refractivity contribution in [3.63, 3.8) is 0 Å². The van der Waals surface area contributed by atoms with E-state index in [0.717, 1.165) is 22.6 Å². The van der Waals surface area contributed by atoms with Gasteiger partial charge in [0, 0.05) is 23.7 Å². The summed E-state index contributed by atoms with van der Waals surface area (Å²) in [7, 11) is 0. The largest absolute Gasteiger partial charge is 0.507 e. The molecule has 0 bridgehead atoms. The van der Waals surface area contributed by atoms with E-state index in [9.17, 15) is 23.5 Å². The first-order valence-corrected chi connectivity index (χ1v) is 9.93. The Balaban J connectivity index is 1.70. The number of furan rings is 1. The Morgan fingerprint density at radius 2 is 1.88 bits per heavy atom. The molecule has 1 fully saturated rings. The first-order chi connectivity index (χ1) is 15.3. The molecule has 0 spiro atoms. The molecular formula is C24H17F2NO5. The second-order valence-corrected chi connectivity index (χ2v) is 7.64. The molecule has 2 aliphatic heterocycles. The number of aliphatic hydroxyl groups excluding tert-OH is 1. The maximum Gasteiger partial charge on any atom is 0.300 e. The van der Waals surface area contributed by atoms with Crippen LogP contribution in [0.1, 0.15) is 28.7 Å². The number of carbonyl (C=O) groups excluding carboxylic acids is 2. The minimum Gasteiger partial charge on any atom is -0.507 e. The van der Waals surface area contributed by atoms with Gasteiger partial charge in [0.2, 0.25) is 0 Å². The minimum absolute atomic E-state index is 0.0357. The van der Waals surface area contributed by atoms with Crippen LogP contribution in [0.25, 0.3) is 5.76 Å². The highest BCUT2D eigenvalue weighted by Crippen LogP contribution is 2.43.